The average Bonchev–Trinajstić information content (AvgIpc) is 3.19. The number of amidine groups is 1. The van der Waals surface area contributed by atoms with Crippen molar-refractivity contribution in [3.05, 3.63) is 24.6 Å². The number of carbonyl (C=O) groups is 1. The Morgan fingerprint density at radius 1 is 0.853 bits per heavy atom. The Labute approximate surface area is 210 Å². The Morgan fingerprint density at radius 3 is 1.85 bits per heavy atom. The van der Waals surface area contributed by atoms with Crippen molar-refractivity contribution < 1.29 is 14.4 Å². The van der Waals surface area contributed by atoms with E-state index in [0.717, 1.165) is 18.7 Å². The van der Waals surface area contributed by atoms with Crippen molar-refractivity contribution in [3.8, 4) is 0 Å². The second kappa shape index (κ2) is 20.9. The summed E-state index contributed by atoms with van der Waals surface area (Å²) in [5.74, 6) is 0.168. The van der Waals surface area contributed by atoms with Crippen LogP contribution in [0.3, 0.4) is 0 Å². The van der Waals surface area contributed by atoms with E-state index < -0.39 is 5.97 Å². The number of allylic oxidation sites excluding steroid dienone is 2. The molecule has 0 aliphatic carbocycles. The van der Waals surface area contributed by atoms with E-state index in [1.54, 1.807) is 6.20 Å². The lowest BCUT2D eigenvalue weighted by Gasteiger charge is -2.30. The Morgan fingerprint density at radius 2 is 1.35 bits per heavy atom. The summed E-state index contributed by atoms with van der Waals surface area (Å²) < 4.78 is 0.308. The second-order valence-corrected chi connectivity index (χ2v) is 10.0. The SMILES string of the molecule is CCCC/C=C/CCCCCCCCCCCCCCCCC1=NC=C[N+]1(CCN)CC(=O)O. The van der Waals surface area contributed by atoms with Gasteiger partial charge in [-0.25, -0.2) is 14.3 Å². The molecule has 1 atom stereocenters. The third-order valence-electron chi connectivity index (χ3n) is 6.95. The monoisotopic (exact) mass is 476 g/mol. The summed E-state index contributed by atoms with van der Waals surface area (Å²) in [6.07, 6.45) is 33.2. The minimum Gasteiger partial charge on any atom is -0.477 e. The molecule has 0 saturated carbocycles. The summed E-state index contributed by atoms with van der Waals surface area (Å²) in [4.78, 5) is 15.8. The van der Waals surface area contributed by atoms with E-state index in [1.807, 2.05) is 6.20 Å². The molecule has 0 fully saturated rings. The van der Waals surface area contributed by atoms with Crippen molar-refractivity contribution in [1.29, 1.82) is 0 Å². The van der Waals surface area contributed by atoms with Crippen molar-refractivity contribution >= 4 is 11.8 Å². The zero-order valence-electron chi connectivity index (χ0n) is 22.2. The first-order valence-electron chi connectivity index (χ1n) is 14.3. The van der Waals surface area contributed by atoms with Gasteiger partial charge in [-0.2, -0.15) is 0 Å². The van der Waals surface area contributed by atoms with Gasteiger partial charge < -0.3 is 10.8 Å². The number of aliphatic carboxylic acids is 1. The molecular weight excluding hydrogens is 422 g/mol. The highest BCUT2D eigenvalue weighted by Gasteiger charge is 2.36. The Balaban J connectivity index is 1.89. The quantitative estimate of drug-likeness (QED) is 0.0850. The summed E-state index contributed by atoms with van der Waals surface area (Å²) in [6, 6.07) is 0. The maximum atomic E-state index is 11.3. The molecule has 196 valence electrons. The highest BCUT2D eigenvalue weighted by Crippen LogP contribution is 2.21. The predicted octanol–water partition coefficient (Wildman–Crippen LogP) is 7.72. The summed E-state index contributed by atoms with van der Waals surface area (Å²) in [7, 11) is 0. The van der Waals surface area contributed by atoms with Crippen LogP contribution in [0.2, 0.25) is 0 Å². The van der Waals surface area contributed by atoms with Crippen LogP contribution in [0.4, 0.5) is 0 Å². The molecular formula is C29H54N3O2+. The smallest absolute Gasteiger partial charge is 0.360 e. The molecule has 0 aromatic heterocycles. The molecule has 0 bridgehead atoms. The Kier molecular flexibility index (Phi) is 18.8. The molecule has 34 heavy (non-hydrogen) atoms. The molecule has 0 spiro atoms. The zero-order valence-corrected chi connectivity index (χ0v) is 22.2. The fourth-order valence-electron chi connectivity index (χ4n) is 4.86. The van der Waals surface area contributed by atoms with Gasteiger partial charge in [0.25, 0.3) is 0 Å². The van der Waals surface area contributed by atoms with Gasteiger partial charge in [-0.1, -0.05) is 109 Å². The van der Waals surface area contributed by atoms with Crippen LogP contribution in [0, 0.1) is 0 Å². The number of carboxylic acid groups (broad SMARTS) is 1. The van der Waals surface area contributed by atoms with Gasteiger partial charge in [0, 0.05) is 13.0 Å². The van der Waals surface area contributed by atoms with E-state index in [4.69, 9.17) is 5.73 Å². The Bertz CT molecular complexity index is 600. The van der Waals surface area contributed by atoms with Crippen molar-refractivity contribution in [3.63, 3.8) is 0 Å². The van der Waals surface area contributed by atoms with Gasteiger partial charge in [0.05, 0.1) is 6.20 Å². The van der Waals surface area contributed by atoms with Crippen LogP contribution in [-0.4, -0.2) is 41.0 Å². The van der Waals surface area contributed by atoms with Gasteiger partial charge in [0.1, 0.15) is 12.7 Å². The van der Waals surface area contributed by atoms with Crippen molar-refractivity contribution in [2.75, 3.05) is 19.6 Å². The van der Waals surface area contributed by atoms with Crippen LogP contribution < -0.4 is 5.73 Å². The molecule has 1 aliphatic rings. The predicted molar refractivity (Wildman–Crippen MR) is 146 cm³/mol. The van der Waals surface area contributed by atoms with Crippen LogP contribution in [0.15, 0.2) is 29.5 Å². The largest absolute Gasteiger partial charge is 0.477 e. The lowest BCUT2D eigenvalue weighted by atomic mass is 10.0. The molecule has 0 aromatic rings. The number of hydrogen-bond donors (Lipinski definition) is 2. The molecule has 0 aromatic carbocycles. The summed E-state index contributed by atoms with van der Waals surface area (Å²) in [5.41, 5.74) is 5.74. The third-order valence-corrected chi connectivity index (χ3v) is 6.95. The van der Waals surface area contributed by atoms with E-state index in [1.165, 1.54) is 109 Å². The number of aliphatic imine (C=N–C) groups is 1. The minimum atomic E-state index is -0.797. The molecule has 1 unspecified atom stereocenters. The van der Waals surface area contributed by atoms with Gasteiger partial charge in [0.15, 0.2) is 6.54 Å². The summed E-state index contributed by atoms with van der Waals surface area (Å²) in [6.45, 7) is 3.37. The molecule has 1 rings (SSSR count). The first-order chi connectivity index (χ1) is 16.6. The fourth-order valence-corrected chi connectivity index (χ4v) is 4.86. The molecule has 0 amide bonds. The van der Waals surface area contributed by atoms with Gasteiger partial charge in [-0.05, 0) is 25.7 Å². The minimum absolute atomic E-state index is 0.0450. The fraction of sp³-hybridized carbons (Fsp3) is 0.793. The first kappa shape index (κ1) is 30.6. The van der Waals surface area contributed by atoms with Crippen molar-refractivity contribution in [2.45, 2.75) is 129 Å². The topological polar surface area (TPSA) is 75.7 Å². The van der Waals surface area contributed by atoms with Crippen LogP contribution in [0.25, 0.3) is 0 Å². The summed E-state index contributed by atoms with van der Waals surface area (Å²) in [5, 5.41) is 9.28. The molecule has 1 aliphatic heterocycles. The first-order valence-corrected chi connectivity index (χ1v) is 14.3. The van der Waals surface area contributed by atoms with E-state index in [-0.39, 0.29) is 6.54 Å². The molecule has 0 radical (unpaired) electrons. The molecule has 5 nitrogen and oxygen atoms in total. The number of rotatable bonds is 24. The maximum absolute atomic E-state index is 11.3. The van der Waals surface area contributed by atoms with Gasteiger partial charge in [-0.15, -0.1) is 0 Å². The zero-order chi connectivity index (χ0) is 24.7. The van der Waals surface area contributed by atoms with E-state index in [0.29, 0.717) is 17.6 Å². The average molecular weight is 477 g/mol. The van der Waals surface area contributed by atoms with Gasteiger partial charge >= 0.3 is 5.97 Å². The Hall–Kier alpha value is -1.46. The number of nitrogens with two attached hydrogens (primary N) is 1. The number of carboxylic acids is 1. The van der Waals surface area contributed by atoms with E-state index in [2.05, 4.69) is 24.1 Å². The number of nitrogens with zero attached hydrogens (tertiary/aromatic N) is 2. The van der Waals surface area contributed by atoms with Crippen molar-refractivity contribution in [2.24, 2.45) is 10.7 Å². The highest BCUT2D eigenvalue weighted by molar-refractivity contribution is 5.81. The molecule has 0 saturated heterocycles. The van der Waals surface area contributed by atoms with E-state index in [9.17, 15) is 9.90 Å². The lowest BCUT2D eigenvalue weighted by Crippen LogP contribution is -2.52. The molecule has 3 N–H and O–H groups in total. The van der Waals surface area contributed by atoms with Gasteiger partial charge in [-0.3, -0.25) is 0 Å². The lowest BCUT2D eigenvalue weighted by molar-refractivity contribution is -0.778. The van der Waals surface area contributed by atoms with Crippen LogP contribution in [-0.2, 0) is 4.79 Å². The van der Waals surface area contributed by atoms with Crippen LogP contribution in [0.5, 0.6) is 0 Å². The standard InChI is InChI=1S/C29H53N3O2/c1-2-3-4-5-6-7-8-9-10-11-12-13-14-15-16-17-18-19-20-21-22-28-31-24-26-32(28,25-23-30)27-29(33)34/h5-6,24,26H,2-4,7-23,25,27,30H2,1H3/p+1/b6-5+. The summed E-state index contributed by atoms with van der Waals surface area (Å²) >= 11 is 0. The number of unbranched alkanes of at least 4 members (excludes halogenated alkanes) is 16. The maximum Gasteiger partial charge on any atom is 0.360 e. The van der Waals surface area contributed by atoms with Crippen LogP contribution in [0.1, 0.15) is 129 Å². The number of quaternary nitrogens is 1. The third kappa shape index (κ3) is 14.7. The highest BCUT2D eigenvalue weighted by atomic mass is 16.4. The van der Waals surface area contributed by atoms with Gasteiger partial charge in [0.2, 0.25) is 5.84 Å². The number of hydrogen-bond acceptors (Lipinski definition) is 3. The normalized spacial score (nSPS) is 17.6. The second-order valence-electron chi connectivity index (χ2n) is 10.0. The molecule has 1 heterocycles. The van der Waals surface area contributed by atoms with E-state index >= 15 is 0 Å². The van der Waals surface area contributed by atoms with Crippen LogP contribution >= 0.6 is 0 Å². The van der Waals surface area contributed by atoms with Crippen molar-refractivity contribution in [1.82, 2.24) is 0 Å². The molecule has 5 heteroatoms.